The first-order valence-electron chi connectivity index (χ1n) is 5.48. The molecule has 0 spiro atoms. The van der Waals surface area contributed by atoms with Gasteiger partial charge in [-0.25, -0.2) is 0 Å². The second kappa shape index (κ2) is 8.49. The van der Waals surface area contributed by atoms with Gasteiger partial charge in [-0.2, -0.15) is 0 Å². The molecule has 1 aromatic heterocycles. The molecular formula is C13H21N. The van der Waals surface area contributed by atoms with Gasteiger partial charge in [-0.3, -0.25) is 4.98 Å². The molecule has 0 saturated heterocycles. The number of aromatic nitrogens is 1. The molecule has 0 aliphatic carbocycles. The Bertz CT molecular complexity index is 249. The number of hydrogen-bond acceptors (Lipinski definition) is 1. The van der Waals surface area contributed by atoms with E-state index in [1.54, 1.807) is 0 Å². The summed E-state index contributed by atoms with van der Waals surface area (Å²) in [5.74, 6) is 0. The van der Waals surface area contributed by atoms with Crippen molar-refractivity contribution in [3.8, 4) is 0 Å². The van der Waals surface area contributed by atoms with Gasteiger partial charge in [0.05, 0.1) is 0 Å². The van der Waals surface area contributed by atoms with Crippen LogP contribution in [0.3, 0.4) is 0 Å². The van der Waals surface area contributed by atoms with Gasteiger partial charge in [0.2, 0.25) is 0 Å². The molecule has 0 N–H and O–H groups in total. The van der Waals surface area contributed by atoms with Crippen molar-refractivity contribution in [1.82, 2.24) is 4.98 Å². The van der Waals surface area contributed by atoms with Gasteiger partial charge in [0.1, 0.15) is 0 Å². The number of hydrogen-bond donors (Lipinski definition) is 0. The molecule has 0 amide bonds. The fraction of sp³-hybridized carbons (Fsp3) is 0.462. The molecule has 1 heteroatoms. The Balaban J connectivity index is 0.000000791. The lowest BCUT2D eigenvalue weighted by Crippen LogP contribution is -1.82. The molecule has 78 valence electrons. The van der Waals surface area contributed by atoms with Crippen LogP contribution in [0.5, 0.6) is 0 Å². The topological polar surface area (TPSA) is 12.9 Å². The fourth-order valence-corrected chi connectivity index (χ4v) is 1.28. The van der Waals surface area contributed by atoms with Crippen LogP contribution >= 0.6 is 0 Å². The third kappa shape index (κ3) is 4.22. The summed E-state index contributed by atoms with van der Waals surface area (Å²) in [6.45, 7) is 8.35. The predicted octanol–water partition coefficient (Wildman–Crippen LogP) is 4.31. The van der Waals surface area contributed by atoms with E-state index in [4.69, 9.17) is 0 Å². The Morgan fingerprint density at radius 3 is 2.21 bits per heavy atom. The maximum absolute atomic E-state index is 3.99. The van der Waals surface area contributed by atoms with Gasteiger partial charge in [0.15, 0.2) is 0 Å². The molecule has 0 radical (unpaired) electrons. The van der Waals surface area contributed by atoms with Crippen LogP contribution in [0.25, 0.3) is 5.57 Å². The normalized spacial score (nSPS) is 10.4. The highest BCUT2D eigenvalue weighted by Gasteiger charge is 1.95. The summed E-state index contributed by atoms with van der Waals surface area (Å²) >= 11 is 0. The van der Waals surface area contributed by atoms with Crippen LogP contribution in [0.15, 0.2) is 30.6 Å². The summed E-state index contributed by atoms with van der Waals surface area (Å²) in [7, 11) is 0. The quantitative estimate of drug-likeness (QED) is 0.693. The first kappa shape index (κ1) is 12.9. The Kier molecular flexibility index (Phi) is 7.81. The molecule has 0 atom stereocenters. The minimum absolute atomic E-state index is 1.10. The molecule has 0 saturated carbocycles. The van der Waals surface area contributed by atoms with E-state index in [1.165, 1.54) is 11.1 Å². The first-order valence-corrected chi connectivity index (χ1v) is 5.48. The van der Waals surface area contributed by atoms with Gasteiger partial charge in [-0.05, 0) is 36.1 Å². The van der Waals surface area contributed by atoms with Crippen LogP contribution in [0.2, 0.25) is 0 Å². The maximum atomic E-state index is 3.99. The molecule has 14 heavy (non-hydrogen) atoms. The van der Waals surface area contributed by atoms with Gasteiger partial charge < -0.3 is 0 Å². The molecule has 1 nitrogen and oxygen atoms in total. The van der Waals surface area contributed by atoms with Gasteiger partial charge in [0, 0.05) is 12.4 Å². The highest BCUT2D eigenvalue weighted by atomic mass is 14.6. The summed E-state index contributed by atoms with van der Waals surface area (Å²) in [4.78, 5) is 3.99. The van der Waals surface area contributed by atoms with Crippen molar-refractivity contribution in [3.05, 3.63) is 36.2 Å². The van der Waals surface area contributed by atoms with Crippen molar-refractivity contribution in [2.45, 2.75) is 40.5 Å². The highest BCUT2D eigenvalue weighted by molar-refractivity contribution is 5.64. The number of allylic oxidation sites excluding steroid dienone is 2. The van der Waals surface area contributed by atoms with E-state index < -0.39 is 0 Å². The van der Waals surface area contributed by atoms with Crippen molar-refractivity contribution in [3.63, 3.8) is 0 Å². The van der Waals surface area contributed by atoms with Crippen molar-refractivity contribution >= 4 is 5.57 Å². The van der Waals surface area contributed by atoms with Gasteiger partial charge in [0.25, 0.3) is 0 Å². The molecule has 1 aromatic rings. The molecule has 0 bridgehead atoms. The number of nitrogens with zero attached hydrogens (tertiary/aromatic N) is 1. The SMILES string of the molecule is CC.CC/C=C(\CC)c1ccncc1. The van der Waals surface area contributed by atoms with Gasteiger partial charge in [-0.1, -0.05) is 33.8 Å². The van der Waals surface area contributed by atoms with Crippen molar-refractivity contribution < 1.29 is 0 Å². The maximum Gasteiger partial charge on any atom is 0.0273 e. The summed E-state index contributed by atoms with van der Waals surface area (Å²) in [6, 6.07) is 4.12. The molecule has 0 aliphatic heterocycles. The first-order chi connectivity index (χ1) is 6.88. The zero-order chi connectivity index (χ0) is 10.8. The molecule has 0 aromatic carbocycles. The summed E-state index contributed by atoms with van der Waals surface area (Å²) in [5.41, 5.74) is 2.72. The predicted molar refractivity (Wildman–Crippen MR) is 64.1 cm³/mol. The molecule has 1 rings (SSSR count). The number of rotatable bonds is 3. The summed E-state index contributed by atoms with van der Waals surface area (Å²) < 4.78 is 0. The van der Waals surface area contributed by atoms with Crippen LogP contribution < -0.4 is 0 Å². The second-order valence-corrected chi connectivity index (χ2v) is 2.73. The van der Waals surface area contributed by atoms with Crippen LogP contribution in [0.1, 0.15) is 46.1 Å². The zero-order valence-corrected chi connectivity index (χ0v) is 9.75. The molecule has 0 aliphatic rings. The lowest BCUT2D eigenvalue weighted by atomic mass is 10.0. The minimum atomic E-state index is 1.10. The lowest BCUT2D eigenvalue weighted by Gasteiger charge is -2.02. The second-order valence-electron chi connectivity index (χ2n) is 2.73. The van der Waals surface area contributed by atoms with Crippen molar-refractivity contribution in [2.75, 3.05) is 0 Å². The number of pyridine rings is 1. The summed E-state index contributed by atoms with van der Waals surface area (Å²) in [6.07, 6.45) is 8.15. The van der Waals surface area contributed by atoms with Crippen LogP contribution in [0, 0.1) is 0 Å². The third-order valence-electron chi connectivity index (χ3n) is 1.88. The van der Waals surface area contributed by atoms with Gasteiger partial charge >= 0.3 is 0 Å². The third-order valence-corrected chi connectivity index (χ3v) is 1.88. The zero-order valence-electron chi connectivity index (χ0n) is 9.75. The molecule has 0 fully saturated rings. The van der Waals surface area contributed by atoms with Crippen LogP contribution in [-0.4, -0.2) is 4.98 Å². The van der Waals surface area contributed by atoms with E-state index in [-0.39, 0.29) is 0 Å². The Labute approximate surface area is 87.9 Å². The molecule has 1 heterocycles. The van der Waals surface area contributed by atoms with Crippen molar-refractivity contribution in [1.29, 1.82) is 0 Å². The monoisotopic (exact) mass is 191 g/mol. The van der Waals surface area contributed by atoms with E-state index in [1.807, 2.05) is 26.2 Å². The van der Waals surface area contributed by atoms with E-state index >= 15 is 0 Å². The van der Waals surface area contributed by atoms with Crippen molar-refractivity contribution in [2.24, 2.45) is 0 Å². The summed E-state index contributed by atoms with van der Waals surface area (Å²) in [5, 5.41) is 0. The smallest absolute Gasteiger partial charge is 0.0273 e. The average molecular weight is 191 g/mol. The Hall–Kier alpha value is -1.11. The Morgan fingerprint density at radius 2 is 1.79 bits per heavy atom. The van der Waals surface area contributed by atoms with E-state index in [0.717, 1.165) is 12.8 Å². The average Bonchev–Trinajstić information content (AvgIpc) is 2.30. The molecular weight excluding hydrogens is 170 g/mol. The van der Waals surface area contributed by atoms with E-state index in [2.05, 4.69) is 37.0 Å². The molecule has 0 unspecified atom stereocenters. The fourth-order valence-electron chi connectivity index (χ4n) is 1.28. The highest BCUT2D eigenvalue weighted by Crippen LogP contribution is 2.16. The minimum Gasteiger partial charge on any atom is -0.265 e. The Morgan fingerprint density at radius 1 is 1.21 bits per heavy atom. The largest absolute Gasteiger partial charge is 0.265 e. The van der Waals surface area contributed by atoms with Gasteiger partial charge in [-0.15, -0.1) is 0 Å². The standard InChI is InChI=1S/C11H15N.C2H6/c1-3-5-10(4-2)11-6-8-12-9-7-11;1-2/h5-9H,3-4H2,1-2H3;1-2H3/b10-5+;. The van der Waals surface area contributed by atoms with Crippen LogP contribution in [0.4, 0.5) is 0 Å². The van der Waals surface area contributed by atoms with E-state index in [0.29, 0.717) is 0 Å². The van der Waals surface area contributed by atoms with E-state index in [9.17, 15) is 0 Å². The lowest BCUT2D eigenvalue weighted by molar-refractivity contribution is 1.16. The van der Waals surface area contributed by atoms with Crippen LogP contribution in [-0.2, 0) is 0 Å².